The fourth-order valence-corrected chi connectivity index (χ4v) is 1.95. The van der Waals surface area contributed by atoms with E-state index in [0.29, 0.717) is 5.69 Å². The first-order valence-electron chi connectivity index (χ1n) is 5.59. The minimum Gasteiger partial charge on any atom is -0.326 e. The summed E-state index contributed by atoms with van der Waals surface area (Å²) in [7, 11) is 0. The molecule has 0 fully saturated rings. The molecule has 0 aliphatic rings. The number of nitro groups is 1. The Balaban J connectivity index is 2.56. The van der Waals surface area contributed by atoms with Crippen molar-refractivity contribution in [2.75, 3.05) is 17.3 Å². The van der Waals surface area contributed by atoms with Gasteiger partial charge in [0.2, 0.25) is 5.91 Å². The van der Waals surface area contributed by atoms with Gasteiger partial charge in [0.15, 0.2) is 0 Å². The lowest BCUT2D eigenvalue weighted by Gasteiger charge is -2.11. The zero-order chi connectivity index (χ0) is 13.5. The highest BCUT2D eigenvalue weighted by Gasteiger charge is 2.13. The molecule has 1 N–H and O–H groups in total. The number of carbonyl (C=O) groups excluding carboxylic acids is 1. The van der Waals surface area contributed by atoms with E-state index in [-0.39, 0.29) is 17.5 Å². The molecule has 0 aromatic heterocycles. The van der Waals surface area contributed by atoms with Crippen LogP contribution in [0, 0.1) is 16.0 Å². The van der Waals surface area contributed by atoms with Crippen molar-refractivity contribution < 1.29 is 9.72 Å². The molecule has 1 atom stereocenters. The van der Waals surface area contributed by atoms with Gasteiger partial charge in [-0.05, 0) is 30.6 Å². The maximum Gasteiger partial charge on any atom is 0.269 e. The Bertz CT molecular complexity index is 420. The molecule has 5 nitrogen and oxygen atoms in total. The van der Waals surface area contributed by atoms with Crippen LogP contribution >= 0.6 is 11.8 Å². The fraction of sp³-hybridized carbons (Fsp3) is 0.417. The van der Waals surface area contributed by atoms with E-state index in [4.69, 9.17) is 0 Å². The number of hydrogen-bond acceptors (Lipinski definition) is 4. The van der Waals surface area contributed by atoms with Crippen LogP contribution in [0.4, 0.5) is 11.4 Å². The maximum absolute atomic E-state index is 11.8. The number of nitrogens with one attached hydrogen (secondary N) is 1. The van der Waals surface area contributed by atoms with Crippen LogP contribution in [-0.2, 0) is 4.79 Å². The third-order valence-corrected chi connectivity index (χ3v) is 3.19. The molecule has 1 amide bonds. The smallest absolute Gasteiger partial charge is 0.269 e. The average Bonchev–Trinajstić information content (AvgIpc) is 2.36. The van der Waals surface area contributed by atoms with Gasteiger partial charge in [-0.15, -0.1) is 0 Å². The van der Waals surface area contributed by atoms with Crippen molar-refractivity contribution in [3.05, 3.63) is 34.4 Å². The number of nitro benzene ring substituents is 1. The number of thioether (sulfide) groups is 1. The first-order valence-corrected chi connectivity index (χ1v) is 6.98. The molecular formula is C12H16N2O3S. The molecule has 0 saturated carbocycles. The highest BCUT2D eigenvalue weighted by atomic mass is 32.2. The lowest BCUT2D eigenvalue weighted by molar-refractivity contribution is -0.384. The van der Waals surface area contributed by atoms with Gasteiger partial charge >= 0.3 is 0 Å². The van der Waals surface area contributed by atoms with Crippen LogP contribution in [0.2, 0.25) is 0 Å². The summed E-state index contributed by atoms with van der Waals surface area (Å²) in [5.74, 6) is 0.819. The van der Waals surface area contributed by atoms with Crippen molar-refractivity contribution in [3.8, 4) is 0 Å². The van der Waals surface area contributed by atoms with Crippen molar-refractivity contribution in [1.82, 2.24) is 0 Å². The Kier molecular flexibility index (Phi) is 5.64. The van der Waals surface area contributed by atoms with Crippen LogP contribution in [0.3, 0.4) is 0 Å². The molecule has 0 saturated heterocycles. The van der Waals surface area contributed by atoms with E-state index in [0.717, 1.165) is 12.2 Å². The molecule has 0 unspecified atom stereocenters. The Morgan fingerprint density at radius 1 is 1.44 bits per heavy atom. The molecule has 1 rings (SSSR count). The number of carbonyl (C=O) groups is 1. The zero-order valence-corrected chi connectivity index (χ0v) is 11.2. The van der Waals surface area contributed by atoms with Gasteiger partial charge in [0.25, 0.3) is 5.69 Å². The van der Waals surface area contributed by atoms with Gasteiger partial charge in [-0.1, -0.05) is 6.92 Å². The second-order valence-electron chi connectivity index (χ2n) is 3.98. The first kappa shape index (κ1) is 14.5. The molecule has 0 bridgehead atoms. The number of non-ortho nitro benzene ring substituents is 1. The monoisotopic (exact) mass is 268 g/mol. The van der Waals surface area contributed by atoms with Crippen LogP contribution < -0.4 is 5.32 Å². The van der Waals surface area contributed by atoms with Crippen LogP contribution in [0.25, 0.3) is 0 Å². The van der Waals surface area contributed by atoms with E-state index in [9.17, 15) is 14.9 Å². The highest BCUT2D eigenvalue weighted by molar-refractivity contribution is 7.98. The maximum atomic E-state index is 11.8. The van der Waals surface area contributed by atoms with E-state index >= 15 is 0 Å². The molecule has 0 aliphatic heterocycles. The Hall–Kier alpha value is -1.56. The third kappa shape index (κ3) is 4.37. The largest absolute Gasteiger partial charge is 0.326 e. The first-order chi connectivity index (χ1) is 8.54. The summed E-state index contributed by atoms with van der Waals surface area (Å²) in [6.07, 6.45) is 2.82. The number of amides is 1. The summed E-state index contributed by atoms with van der Waals surface area (Å²) in [4.78, 5) is 21.8. The number of benzene rings is 1. The quantitative estimate of drug-likeness (QED) is 0.636. The van der Waals surface area contributed by atoms with Crippen molar-refractivity contribution in [2.45, 2.75) is 13.3 Å². The minimum absolute atomic E-state index is 0.0171. The van der Waals surface area contributed by atoms with E-state index in [1.54, 1.807) is 11.8 Å². The topological polar surface area (TPSA) is 72.2 Å². The molecule has 6 heteroatoms. The molecule has 98 valence electrons. The predicted octanol–water partition coefficient (Wildman–Crippen LogP) is 2.92. The number of rotatable bonds is 6. The summed E-state index contributed by atoms with van der Waals surface area (Å²) in [5, 5.41) is 13.2. The molecular weight excluding hydrogens is 252 g/mol. The van der Waals surface area contributed by atoms with Crippen molar-refractivity contribution in [3.63, 3.8) is 0 Å². The summed E-state index contributed by atoms with van der Waals surface area (Å²) in [6.45, 7) is 1.87. The van der Waals surface area contributed by atoms with Crippen LogP contribution in [0.1, 0.15) is 13.3 Å². The summed E-state index contributed by atoms with van der Waals surface area (Å²) in [5.41, 5.74) is 0.602. The number of nitrogens with zero attached hydrogens (tertiary/aromatic N) is 1. The fourth-order valence-electron chi connectivity index (χ4n) is 1.36. The van der Waals surface area contributed by atoms with Gasteiger partial charge < -0.3 is 5.32 Å². The van der Waals surface area contributed by atoms with E-state index < -0.39 is 4.92 Å². The standard InChI is InChI=1S/C12H16N2O3S/c1-9(7-8-18-2)12(15)13-10-3-5-11(6-4-10)14(16)17/h3-6,9H,7-8H2,1-2H3,(H,13,15)/t9-/m0/s1. The summed E-state index contributed by atoms with van der Waals surface area (Å²) >= 11 is 1.70. The van der Waals surface area contributed by atoms with Gasteiger partial charge in [-0.2, -0.15) is 11.8 Å². The van der Waals surface area contributed by atoms with Gasteiger partial charge in [0.1, 0.15) is 0 Å². The third-order valence-electron chi connectivity index (χ3n) is 2.55. The minimum atomic E-state index is -0.466. The molecule has 18 heavy (non-hydrogen) atoms. The number of hydrogen-bond donors (Lipinski definition) is 1. The Morgan fingerprint density at radius 2 is 2.06 bits per heavy atom. The summed E-state index contributed by atoms with van der Waals surface area (Å²) in [6, 6.07) is 5.83. The molecule has 0 spiro atoms. The molecule has 1 aromatic carbocycles. The zero-order valence-electron chi connectivity index (χ0n) is 10.4. The van der Waals surface area contributed by atoms with Gasteiger partial charge in [-0.25, -0.2) is 0 Å². The average molecular weight is 268 g/mol. The second-order valence-corrected chi connectivity index (χ2v) is 4.96. The van der Waals surface area contributed by atoms with Gasteiger partial charge in [0.05, 0.1) is 4.92 Å². The lowest BCUT2D eigenvalue weighted by Crippen LogP contribution is -2.20. The van der Waals surface area contributed by atoms with E-state index in [2.05, 4.69) is 5.32 Å². The van der Waals surface area contributed by atoms with E-state index in [1.165, 1.54) is 24.3 Å². The van der Waals surface area contributed by atoms with Crippen molar-refractivity contribution in [2.24, 2.45) is 5.92 Å². The Labute approximate surface area is 110 Å². The summed E-state index contributed by atoms with van der Waals surface area (Å²) < 4.78 is 0. The molecule has 0 heterocycles. The van der Waals surface area contributed by atoms with Crippen LogP contribution in [0.15, 0.2) is 24.3 Å². The SMILES string of the molecule is CSCC[C@H](C)C(=O)Nc1ccc([N+](=O)[O-])cc1. The number of anilines is 1. The Morgan fingerprint density at radius 3 is 2.56 bits per heavy atom. The normalized spacial score (nSPS) is 11.9. The van der Waals surface area contributed by atoms with Crippen molar-refractivity contribution in [1.29, 1.82) is 0 Å². The van der Waals surface area contributed by atoms with E-state index in [1.807, 2.05) is 13.2 Å². The highest BCUT2D eigenvalue weighted by Crippen LogP contribution is 2.17. The van der Waals surface area contributed by atoms with Crippen LogP contribution in [0.5, 0.6) is 0 Å². The molecule has 0 aliphatic carbocycles. The second kappa shape index (κ2) is 7.00. The van der Waals surface area contributed by atoms with Gasteiger partial charge in [0, 0.05) is 23.7 Å². The van der Waals surface area contributed by atoms with Gasteiger partial charge in [-0.3, -0.25) is 14.9 Å². The molecule has 0 radical (unpaired) electrons. The van der Waals surface area contributed by atoms with Crippen LogP contribution in [-0.4, -0.2) is 22.8 Å². The molecule has 1 aromatic rings. The lowest BCUT2D eigenvalue weighted by atomic mass is 10.1. The predicted molar refractivity (Wildman–Crippen MR) is 73.9 cm³/mol. The van der Waals surface area contributed by atoms with Crippen molar-refractivity contribution >= 4 is 29.0 Å².